The lowest BCUT2D eigenvalue weighted by molar-refractivity contribution is -0.274. The Morgan fingerprint density at radius 3 is 2.00 bits per heavy atom. The van der Waals surface area contributed by atoms with Crippen molar-refractivity contribution >= 4 is 52.5 Å². The van der Waals surface area contributed by atoms with Crippen LogP contribution < -0.4 is 25.4 Å². The van der Waals surface area contributed by atoms with Gasteiger partial charge in [-0.15, -0.1) is 13.2 Å². The molecule has 0 radical (unpaired) electrons. The van der Waals surface area contributed by atoms with Crippen LogP contribution in [0.1, 0.15) is 63.2 Å². The molecule has 1 atom stereocenters. The molecule has 1 aliphatic carbocycles. The Balaban J connectivity index is 1.66. The van der Waals surface area contributed by atoms with Crippen molar-refractivity contribution < 1.29 is 41.8 Å². The molecule has 0 aromatic heterocycles. The minimum atomic E-state index is -4.98. The van der Waals surface area contributed by atoms with Crippen LogP contribution in [0, 0.1) is 5.92 Å². The van der Waals surface area contributed by atoms with Crippen LogP contribution in [-0.2, 0) is 9.53 Å². The summed E-state index contributed by atoms with van der Waals surface area (Å²) < 4.78 is 52.9. The number of hydrogen-bond acceptors (Lipinski definition) is 6. The number of alkyl halides is 3. The summed E-state index contributed by atoms with van der Waals surface area (Å²) in [6, 6.07) is 11.7. The molecule has 0 unspecified atom stereocenters. The summed E-state index contributed by atoms with van der Waals surface area (Å²) in [7, 11) is 1.54. The van der Waals surface area contributed by atoms with Gasteiger partial charge in [0, 0.05) is 12.1 Å². The minimum Gasteiger partial charge on any atom is -0.497 e. The maximum atomic E-state index is 13.9. The zero-order chi connectivity index (χ0) is 35.2. The SMILES string of the molecule is COc1ccc(-c2ccc(C(=O)N[C@H](C(=O)OC(C)(C)C)C3CCCCC3)c(NC(=O)Nc3c(Cl)cc(OC(F)(F)F)cc3Cl)c2)cc1. The van der Waals surface area contributed by atoms with E-state index in [0.717, 1.165) is 49.8 Å². The molecule has 0 bridgehead atoms. The summed E-state index contributed by atoms with van der Waals surface area (Å²) in [5.74, 6) is -1.36. The number of carbonyl (C=O) groups is 3. The summed E-state index contributed by atoms with van der Waals surface area (Å²) >= 11 is 12.3. The van der Waals surface area contributed by atoms with Crippen LogP contribution >= 0.6 is 23.2 Å². The van der Waals surface area contributed by atoms with E-state index in [1.165, 1.54) is 13.2 Å². The Kier molecular flexibility index (Phi) is 11.7. The largest absolute Gasteiger partial charge is 0.573 e. The van der Waals surface area contributed by atoms with Crippen molar-refractivity contribution in [2.24, 2.45) is 5.92 Å². The van der Waals surface area contributed by atoms with Crippen LogP contribution in [0.2, 0.25) is 10.0 Å². The second-order valence-corrected chi connectivity index (χ2v) is 13.1. The number of urea groups is 1. The van der Waals surface area contributed by atoms with E-state index in [1.54, 1.807) is 57.2 Å². The van der Waals surface area contributed by atoms with E-state index in [9.17, 15) is 27.6 Å². The van der Waals surface area contributed by atoms with Gasteiger partial charge >= 0.3 is 18.4 Å². The zero-order valence-corrected chi connectivity index (χ0v) is 28.2. The van der Waals surface area contributed by atoms with Crippen LogP contribution in [0.5, 0.6) is 11.5 Å². The van der Waals surface area contributed by atoms with E-state index >= 15 is 0 Å². The van der Waals surface area contributed by atoms with E-state index in [2.05, 4.69) is 20.7 Å². The first-order valence-corrected chi connectivity index (χ1v) is 15.9. The highest BCUT2D eigenvalue weighted by atomic mass is 35.5. The van der Waals surface area contributed by atoms with Crippen LogP contribution in [0.3, 0.4) is 0 Å². The average molecular weight is 711 g/mol. The Morgan fingerprint density at radius 1 is 0.833 bits per heavy atom. The zero-order valence-electron chi connectivity index (χ0n) is 26.7. The molecule has 0 spiro atoms. The quantitative estimate of drug-likeness (QED) is 0.191. The summed E-state index contributed by atoms with van der Waals surface area (Å²) in [6.07, 6.45) is -0.640. The van der Waals surface area contributed by atoms with Gasteiger partial charge in [0.05, 0.1) is 34.1 Å². The molecule has 4 rings (SSSR count). The first-order valence-electron chi connectivity index (χ1n) is 15.2. The minimum absolute atomic E-state index is 0.0397. The standard InChI is InChI=1S/C34H36Cl2F3N3O6/c1-33(2,3)48-31(44)28(20-8-6-5-7-9-20)41-30(43)24-15-12-21(19-10-13-22(46-4)14-11-19)16-27(24)40-32(45)42-29-25(35)17-23(18-26(29)36)47-34(37,38)39/h10-18,20,28H,5-9H2,1-4H3,(H,41,43)(H2,40,42,45)/t28-/m0/s1. The predicted molar refractivity (Wildman–Crippen MR) is 178 cm³/mol. The van der Waals surface area contributed by atoms with E-state index in [4.69, 9.17) is 32.7 Å². The van der Waals surface area contributed by atoms with Crippen molar-refractivity contribution in [1.82, 2.24) is 5.32 Å². The normalized spacial score (nSPS) is 14.4. The number of benzene rings is 3. The molecule has 1 fully saturated rings. The second-order valence-electron chi connectivity index (χ2n) is 12.3. The molecule has 1 aliphatic rings. The Labute approximate surface area is 286 Å². The number of hydrogen-bond donors (Lipinski definition) is 3. The Morgan fingerprint density at radius 2 is 1.44 bits per heavy atom. The van der Waals surface area contributed by atoms with Crippen LogP contribution in [0.4, 0.5) is 29.3 Å². The molecule has 3 amide bonds. The van der Waals surface area contributed by atoms with Crippen LogP contribution in [0.15, 0.2) is 54.6 Å². The molecule has 48 heavy (non-hydrogen) atoms. The molecule has 3 aromatic rings. The highest BCUT2D eigenvalue weighted by Gasteiger charge is 2.35. The Bertz CT molecular complexity index is 1620. The molecule has 0 saturated heterocycles. The smallest absolute Gasteiger partial charge is 0.497 e. The maximum absolute atomic E-state index is 13.9. The summed E-state index contributed by atoms with van der Waals surface area (Å²) in [6.45, 7) is 5.25. The summed E-state index contributed by atoms with van der Waals surface area (Å²) in [4.78, 5) is 40.5. The van der Waals surface area contributed by atoms with E-state index < -0.39 is 41.7 Å². The molecular weight excluding hydrogens is 674 g/mol. The fourth-order valence-electron chi connectivity index (χ4n) is 5.36. The van der Waals surface area contributed by atoms with Gasteiger partial charge < -0.3 is 30.2 Å². The molecule has 0 aliphatic heterocycles. The van der Waals surface area contributed by atoms with Gasteiger partial charge in [0.1, 0.15) is 23.1 Å². The van der Waals surface area contributed by atoms with Gasteiger partial charge in [0.15, 0.2) is 0 Å². The topological polar surface area (TPSA) is 115 Å². The maximum Gasteiger partial charge on any atom is 0.573 e. The third-order valence-corrected chi connectivity index (χ3v) is 8.09. The van der Waals surface area contributed by atoms with Crippen molar-refractivity contribution in [3.8, 4) is 22.6 Å². The number of nitrogens with one attached hydrogen (secondary N) is 3. The number of anilines is 2. The Hall–Kier alpha value is -4.16. The van der Waals surface area contributed by atoms with Gasteiger partial charge in [0.2, 0.25) is 0 Å². The number of rotatable bonds is 9. The first-order chi connectivity index (χ1) is 22.5. The van der Waals surface area contributed by atoms with E-state index in [0.29, 0.717) is 11.3 Å². The van der Waals surface area contributed by atoms with Crippen LogP contribution in [-0.4, -0.2) is 43.0 Å². The van der Waals surface area contributed by atoms with Gasteiger partial charge in [0.25, 0.3) is 5.91 Å². The molecule has 3 aromatic carbocycles. The number of carbonyl (C=O) groups excluding carboxylic acids is 3. The first kappa shape index (κ1) is 36.7. The highest BCUT2D eigenvalue weighted by Crippen LogP contribution is 2.37. The molecular formula is C34H36Cl2F3N3O6. The second kappa shape index (κ2) is 15.4. The molecule has 9 nitrogen and oxygen atoms in total. The lowest BCUT2D eigenvalue weighted by Crippen LogP contribution is -2.49. The highest BCUT2D eigenvalue weighted by molar-refractivity contribution is 6.40. The van der Waals surface area contributed by atoms with Gasteiger partial charge in [-0.3, -0.25) is 4.79 Å². The van der Waals surface area contributed by atoms with Gasteiger partial charge in [-0.25, -0.2) is 9.59 Å². The van der Waals surface area contributed by atoms with Gasteiger partial charge in [-0.1, -0.05) is 60.7 Å². The average Bonchev–Trinajstić information content (AvgIpc) is 3.00. The van der Waals surface area contributed by atoms with Gasteiger partial charge in [-0.05, 0) is 74.9 Å². The fourth-order valence-corrected chi connectivity index (χ4v) is 5.92. The van der Waals surface area contributed by atoms with Crippen molar-refractivity contribution in [2.75, 3.05) is 17.7 Å². The molecule has 3 N–H and O–H groups in total. The summed E-state index contributed by atoms with van der Waals surface area (Å²) in [5, 5.41) is 7.25. The van der Waals surface area contributed by atoms with Crippen molar-refractivity contribution in [1.29, 1.82) is 0 Å². The molecule has 258 valence electrons. The van der Waals surface area contributed by atoms with Crippen LogP contribution in [0.25, 0.3) is 11.1 Å². The number of methoxy groups -OCH3 is 1. The third kappa shape index (κ3) is 10.2. The lowest BCUT2D eigenvalue weighted by atomic mass is 9.83. The molecule has 0 heterocycles. The third-order valence-electron chi connectivity index (χ3n) is 7.49. The van der Waals surface area contributed by atoms with Crippen molar-refractivity contribution in [3.63, 3.8) is 0 Å². The van der Waals surface area contributed by atoms with E-state index in [1.807, 2.05) is 0 Å². The van der Waals surface area contributed by atoms with Crippen molar-refractivity contribution in [2.45, 2.75) is 70.9 Å². The number of amides is 3. The van der Waals surface area contributed by atoms with Gasteiger partial charge in [-0.2, -0.15) is 0 Å². The number of halogens is 5. The predicted octanol–water partition coefficient (Wildman–Crippen LogP) is 9.23. The molecule has 1 saturated carbocycles. The summed E-state index contributed by atoms with van der Waals surface area (Å²) in [5.41, 5.74) is 0.507. The lowest BCUT2D eigenvalue weighted by Gasteiger charge is -2.32. The monoisotopic (exact) mass is 709 g/mol. The van der Waals surface area contributed by atoms with E-state index in [-0.39, 0.29) is 32.9 Å². The van der Waals surface area contributed by atoms with Crippen molar-refractivity contribution in [3.05, 3.63) is 70.2 Å². The number of ether oxygens (including phenoxy) is 3. The molecule has 14 heteroatoms. The number of esters is 1. The fraction of sp³-hybridized carbons (Fsp3) is 0.382.